The molecular formula is C26H41N3O. The van der Waals surface area contributed by atoms with Gasteiger partial charge >= 0.3 is 0 Å². The molecule has 0 spiro atoms. The molecule has 30 heavy (non-hydrogen) atoms. The van der Waals surface area contributed by atoms with E-state index in [1.807, 2.05) is 6.07 Å². The maximum atomic E-state index is 5.38. The van der Waals surface area contributed by atoms with Gasteiger partial charge in [0.2, 0.25) is 0 Å². The quantitative estimate of drug-likeness (QED) is 0.651. The third kappa shape index (κ3) is 8.86. The summed E-state index contributed by atoms with van der Waals surface area (Å²) in [6, 6.07) is 19.1. The first-order valence-corrected chi connectivity index (χ1v) is 11.4. The van der Waals surface area contributed by atoms with Crippen molar-refractivity contribution in [3.63, 3.8) is 0 Å². The summed E-state index contributed by atoms with van der Waals surface area (Å²) in [4.78, 5) is 4.77. The molecule has 0 saturated carbocycles. The van der Waals surface area contributed by atoms with Gasteiger partial charge in [-0.05, 0) is 76.1 Å². The van der Waals surface area contributed by atoms with Gasteiger partial charge in [-0.25, -0.2) is 0 Å². The number of nitrogens with one attached hydrogen (secondary N) is 1. The minimum absolute atomic E-state index is 0.674. The first-order chi connectivity index (χ1) is 14.6. The van der Waals surface area contributed by atoms with Gasteiger partial charge in [-0.15, -0.1) is 0 Å². The molecule has 0 unspecified atom stereocenters. The Balaban J connectivity index is 0.000000215. The molecule has 4 heteroatoms. The van der Waals surface area contributed by atoms with Gasteiger partial charge in [-0.2, -0.15) is 0 Å². The molecule has 0 aromatic heterocycles. The van der Waals surface area contributed by atoms with Gasteiger partial charge in [-0.3, -0.25) is 4.90 Å². The van der Waals surface area contributed by atoms with Crippen LogP contribution in [0, 0.1) is 0 Å². The van der Waals surface area contributed by atoms with Gasteiger partial charge in [0, 0.05) is 19.6 Å². The minimum Gasteiger partial charge on any atom is -0.496 e. The lowest BCUT2D eigenvalue weighted by Gasteiger charge is -2.24. The summed E-state index contributed by atoms with van der Waals surface area (Å²) in [6.07, 6.45) is 3.67. The number of para-hydroxylation sites is 1. The van der Waals surface area contributed by atoms with Gasteiger partial charge in [0.1, 0.15) is 5.75 Å². The van der Waals surface area contributed by atoms with Crippen molar-refractivity contribution < 1.29 is 4.74 Å². The number of nitrogens with zero attached hydrogens (tertiary/aromatic N) is 2. The molecule has 4 nitrogen and oxygen atoms in total. The molecule has 1 saturated heterocycles. The summed E-state index contributed by atoms with van der Waals surface area (Å²) in [6.45, 7) is 9.03. The molecular weight excluding hydrogens is 370 g/mol. The van der Waals surface area contributed by atoms with Crippen LogP contribution in [0.5, 0.6) is 5.75 Å². The number of methoxy groups -OCH3 is 1. The van der Waals surface area contributed by atoms with E-state index in [9.17, 15) is 0 Å². The molecule has 2 aromatic rings. The third-order valence-corrected chi connectivity index (χ3v) is 5.57. The molecule has 0 amide bonds. The summed E-state index contributed by atoms with van der Waals surface area (Å²) in [7, 11) is 6.01. The summed E-state index contributed by atoms with van der Waals surface area (Å²) in [5.41, 5.74) is 2.78. The normalized spacial score (nSPS) is 14.5. The topological polar surface area (TPSA) is 27.7 Å². The van der Waals surface area contributed by atoms with Crippen LogP contribution >= 0.6 is 0 Å². The average Bonchev–Trinajstić information content (AvgIpc) is 2.79. The van der Waals surface area contributed by atoms with Crippen LogP contribution in [-0.4, -0.2) is 63.7 Å². The molecule has 1 aliphatic heterocycles. The van der Waals surface area contributed by atoms with E-state index in [1.54, 1.807) is 7.11 Å². The van der Waals surface area contributed by atoms with Gasteiger partial charge in [0.05, 0.1) is 7.11 Å². The predicted molar refractivity (Wildman–Crippen MR) is 128 cm³/mol. The minimum atomic E-state index is 0.674. The predicted octanol–water partition coefficient (Wildman–Crippen LogP) is 4.62. The second-order valence-corrected chi connectivity index (χ2v) is 8.33. The number of rotatable bonds is 9. The van der Waals surface area contributed by atoms with Crippen molar-refractivity contribution >= 4 is 0 Å². The van der Waals surface area contributed by atoms with Crippen LogP contribution in [0.2, 0.25) is 0 Å². The number of ether oxygens (including phenoxy) is 1. The molecule has 1 fully saturated rings. The molecule has 0 aliphatic carbocycles. The van der Waals surface area contributed by atoms with E-state index in [-0.39, 0.29) is 0 Å². The van der Waals surface area contributed by atoms with E-state index in [0.717, 1.165) is 38.5 Å². The molecule has 0 bridgehead atoms. The molecule has 1 heterocycles. The highest BCUT2D eigenvalue weighted by Gasteiger charge is 2.17. The van der Waals surface area contributed by atoms with E-state index in [1.165, 1.54) is 36.9 Å². The largest absolute Gasteiger partial charge is 0.496 e. The van der Waals surface area contributed by atoms with Crippen molar-refractivity contribution in [2.75, 3.05) is 53.9 Å². The van der Waals surface area contributed by atoms with Crippen molar-refractivity contribution in [3.05, 3.63) is 65.7 Å². The number of benzene rings is 2. The second kappa shape index (κ2) is 14.2. The molecule has 0 atom stereocenters. The Morgan fingerprint density at radius 2 is 1.57 bits per heavy atom. The van der Waals surface area contributed by atoms with Crippen molar-refractivity contribution in [2.24, 2.45) is 0 Å². The monoisotopic (exact) mass is 411 g/mol. The zero-order valence-corrected chi connectivity index (χ0v) is 19.4. The summed E-state index contributed by atoms with van der Waals surface area (Å²) < 4.78 is 5.38. The molecule has 1 aliphatic rings. The number of piperidine rings is 1. The zero-order chi connectivity index (χ0) is 21.6. The van der Waals surface area contributed by atoms with Gasteiger partial charge in [-0.1, -0.05) is 55.5 Å². The van der Waals surface area contributed by atoms with Crippen molar-refractivity contribution in [2.45, 2.75) is 38.6 Å². The fourth-order valence-electron chi connectivity index (χ4n) is 3.91. The summed E-state index contributed by atoms with van der Waals surface area (Å²) in [5.74, 6) is 1.71. The van der Waals surface area contributed by atoms with Gasteiger partial charge in [0.15, 0.2) is 0 Å². The molecule has 166 valence electrons. The Morgan fingerprint density at radius 3 is 2.20 bits per heavy atom. The maximum Gasteiger partial charge on any atom is 0.122 e. The molecule has 1 N–H and O–H groups in total. The summed E-state index contributed by atoms with van der Waals surface area (Å²) >= 11 is 0. The van der Waals surface area contributed by atoms with Crippen LogP contribution in [0.4, 0.5) is 0 Å². The number of hydrogen-bond donors (Lipinski definition) is 1. The zero-order valence-electron chi connectivity index (χ0n) is 19.4. The maximum absolute atomic E-state index is 5.38. The highest BCUT2D eigenvalue weighted by molar-refractivity contribution is 5.36. The van der Waals surface area contributed by atoms with Crippen LogP contribution in [0.25, 0.3) is 0 Å². The third-order valence-electron chi connectivity index (χ3n) is 5.57. The Hall–Kier alpha value is -1.88. The Bertz CT molecular complexity index is 684. The standard InChI is InChI=1S/C14H24N2.C12H17NO/c1-4-10-16(12-11-15(2)3)13-14-8-6-5-7-9-14;1-14-12-5-3-2-4-11(12)10-6-8-13-9-7-10/h5-9H,4,10-13H2,1-3H3;2-5,10,13H,6-9H2,1H3. The smallest absolute Gasteiger partial charge is 0.122 e. The van der Waals surface area contributed by atoms with E-state index >= 15 is 0 Å². The van der Waals surface area contributed by atoms with Crippen molar-refractivity contribution in [3.8, 4) is 5.75 Å². The lowest BCUT2D eigenvalue weighted by atomic mass is 9.90. The highest BCUT2D eigenvalue weighted by atomic mass is 16.5. The first-order valence-electron chi connectivity index (χ1n) is 11.4. The van der Waals surface area contributed by atoms with Crippen LogP contribution in [0.3, 0.4) is 0 Å². The lowest BCUT2D eigenvalue weighted by Crippen LogP contribution is -2.31. The van der Waals surface area contributed by atoms with E-state index < -0.39 is 0 Å². The van der Waals surface area contributed by atoms with E-state index in [2.05, 4.69) is 84.7 Å². The first kappa shape index (κ1) is 24.4. The number of likely N-dealkylation sites (N-methyl/N-ethyl adjacent to an activating group) is 1. The molecule has 2 aromatic carbocycles. The summed E-state index contributed by atoms with van der Waals surface area (Å²) in [5, 5.41) is 3.38. The fourth-order valence-corrected chi connectivity index (χ4v) is 3.91. The van der Waals surface area contributed by atoms with Crippen LogP contribution in [0.15, 0.2) is 54.6 Å². The molecule has 3 rings (SSSR count). The SMILES string of the molecule is CCCN(CCN(C)C)Cc1ccccc1.COc1ccccc1C1CCNCC1. The highest BCUT2D eigenvalue weighted by Crippen LogP contribution is 2.31. The van der Waals surface area contributed by atoms with Crippen LogP contribution < -0.4 is 10.1 Å². The van der Waals surface area contributed by atoms with Crippen molar-refractivity contribution in [1.29, 1.82) is 0 Å². The second-order valence-electron chi connectivity index (χ2n) is 8.33. The lowest BCUT2D eigenvalue weighted by molar-refractivity contribution is 0.234. The van der Waals surface area contributed by atoms with Crippen LogP contribution in [-0.2, 0) is 6.54 Å². The van der Waals surface area contributed by atoms with Gasteiger partial charge < -0.3 is 15.0 Å². The number of hydrogen-bond acceptors (Lipinski definition) is 4. The fraction of sp³-hybridized carbons (Fsp3) is 0.538. The van der Waals surface area contributed by atoms with Crippen molar-refractivity contribution in [1.82, 2.24) is 15.1 Å². The average molecular weight is 412 g/mol. The van der Waals surface area contributed by atoms with Crippen LogP contribution in [0.1, 0.15) is 43.2 Å². The van der Waals surface area contributed by atoms with E-state index in [4.69, 9.17) is 4.74 Å². The Labute approximate surface area is 184 Å². The van der Waals surface area contributed by atoms with Gasteiger partial charge in [0.25, 0.3) is 0 Å². The molecule has 0 radical (unpaired) electrons. The van der Waals surface area contributed by atoms with E-state index in [0.29, 0.717) is 5.92 Å². The Morgan fingerprint density at radius 1 is 0.900 bits per heavy atom. The Kier molecular flexibility index (Phi) is 11.5.